The molecule has 11 heteroatoms. The predicted molar refractivity (Wildman–Crippen MR) is 99.0 cm³/mol. The van der Waals surface area contributed by atoms with Gasteiger partial charge in [-0.25, -0.2) is 9.59 Å². The van der Waals surface area contributed by atoms with Gasteiger partial charge >= 0.3 is 11.8 Å². The molecule has 0 N–H and O–H groups in total. The molecule has 0 aliphatic carbocycles. The van der Waals surface area contributed by atoms with E-state index in [0.29, 0.717) is 12.1 Å². The summed E-state index contributed by atoms with van der Waals surface area (Å²) < 4.78 is 13.1. The van der Waals surface area contributed by atoms with Crippen molar-refractivity contribution in [2.45, 2.75) is 18.6 Å². The number of benzene rings is 1. The molecule has 3 heterocycles. The number of ether oxygens (including phenoxy) is 2. The van der Waals surface area contributed by atoms with Gasteiger partial charge in [0.05, 0.1) is 17.0 Å². The fourth-order valence-corrected chi connectivity index (χ4v) is 3.78. The molecular formula is C18H18N4O7. The van der Waals surface area contributed by atoms with Gasteiger partial charge in [-0.3, -0.25) is 28.9 Å². The number of hydrogen-bond acceptors (Lipinski definition) is 7. The molecule has 4 rings (SSSR count). The Morgan fingerprint density at radius 2 is 1.79 bits per heavy atom. The molecule has 2 atom stereocenters. The number of hydrogen-bond donors (Lipinski definition) is 0. The molecule has 0 saturated carbocycles. The van der Waals surface area contributed by atoms with Gasteiger partial charge < -0.3 is 9.47 Å². The van der Waals surface area contributed by atoms with Crippen LogP contribution in [0.4, 0.5) is 10.5 Å². The zero-order chi connectivity index (χ0) is 20.9. The fourth-order valence-electron chi connectivity index (χ4n) is 3.78. The highest BCUT2D eigenvalue weighted by Crippen LogP contribution is 2.39. The molecule has 1 fully saturated rings. The van der Waals surface area contributed by atoms with E-state index in [9.17, 15) is 24.5 Å². The van der Waals surface area contributed by atoms with E-state index in [0.717, 1.165) is 4.57 Å². The highest BCUT2D eigenvalue weighted by Gasteiger charge is 2.41. The van der Waals surface area contributed by atoms with Gasteiger partial charge in [0.2, 0.25) is 5.88 Å². The minimum Gasteiger partial charge on any atom is -0.454 e. The van der Waals surface area contributed by atoms with Crippen molar-refractivity contribution < 1.29 is 19.2 Å². The van der Waals surface area contributed by atoms with Crippen LogP contribution in [0.15, 0.2) is 33.9 Å². The van der Waals surface area contributed by atoms with E-state index in [2.05, 4.69) is 0 Å². The molecule has 152 valence electrons. The lowest BCUT2D eigenvalue weighted by Gasteiger charge is -2.36. The van der Waals surface area contributed by atoms with Crippen molar-refractivity contribution in [2.75, 3.05) is 13.2 Å². The molecule has 0 spiro atoms. The van der Waals surface area contributed by atoms with Gasteiger partial charge in [-0.05, 0) is 5.56 Å². The van der Waals surface area contributed by atoms with Crippen molar-refractivity contribution in [1.29, 1.82) is 0 Å². The summed E-state index contributed by atoms with van der Waals surface area (Å²) in [6, 6.07) is 5.86. The maximum absolute atomic E-state index is 12.9. The highest BCUT2D eigenvalue weighted by molar-refractivity contribution is 5.69. The minimum absolute atomic E-state index is 0.0749. The summed E-state index contributed by atoms with van der Waals surface area (Å²) in [5.41, 5.74) is -0.218. The first-order valence-corrected chi connectivity index (χ1v) is 8.94. The maximum Gasteiger partial charge on any atom is 0.412 e. The molecule has 1 saturated heterocycles. The van der Waals surface area contributed by atoms with Crippen LogP contribution in [0, 0.1) is 10.1 Å². The van der Waals surface area contributed by atoms with Gasteiger partial charge in [0.1, 0.15) is 6.61 Å². The van der Waals surface area contributed by atoms with Gasteiger partial charge in [0, 0.05) is 38.6 Å². The smallest absolute Gasteiger partial charge is 0.412 e. The molecule has 0 radical (unpaired) electrons. The Bertz CT molecular complexity index is 1120. The van der Waals surface area contributed by atoms with Crippen LogP contribution in [-0.4, -0.2) is 44.4 Å². The lowest BCUT2D eigenvalue weighted by atomic mass is 9.87. The van der Waals surface area contributed by atoms with Gasteiger partial charge in [-0.2, -0.15) is 0 Å². The molecular weight excluding hydrogens is 384 g/mol. The van der Waals surface area contributed by atoms with Crippen LogP contribution in [0.25, 0.3) is 0 Å². The Labute approximate surface area is 163 Å². The molecule has 2 aromatic rings. The molecule has 2 aliphatic rings. The van der Waals surface area contributed by atoms with Crippen molar-refractivity contribution in [1.82, 2.24) is 14.0 Å². The zero-order valence-corrected chi connectivity index (χ0v) is 15.7. The largest absolute Gasteiger partial charge is 0.454 e. The Morgan fingerprint density at radius 3 is 2.38 bits per heavy atom. The van der Waals surface area contributed by atoms with Gasteiger partial charge in [0.25, 0.3) is 11.2 Å². The third-order valence-electron chi connectivity index (χ3n) is 5.32. The lowest BCUT2D eigenvalue weighted by molar-refractivity contribution is -0.384. The number of carbonyl (C=O) groups is 1. The maximum atomic E-state index is 12.9. The van der Waals surface area contributed by atoms with Gasteiger partial charge in [-0.1, -0.05) is 12.1 Å². The first-order valence-electron chi connectivity index (χ1n) is 8.94. The van der Waals surface area contributed by atoms with Crippen molar-refractivity contribution in [3.05, 3.63) is 66.3 Å². The van der Waals surface area contributed by atoms with Crippen molar-refractivity contribution >= 4 is 11.8 Å². The number of cyclic esters (lactones) is 1. The summed E-state index contributed by atoms with van der Waals surface area (Å²) in [5, 5.41) is 11.0. The summed E-state index contributed by atoms with van der Waals surface area (Å²) in [6.07, 6.45) is -1.03. The van der Waals surface area contributed by atoms with E-state index >= 15 is 0 Å². The first-order chi connectivity index (χ1) is 13.8. The van der Waals surface area contributed by atoms with Crippen LogP contribution in [0.3, 0.4) is 0 Å². The lowest BCUT2D eigenvalue weighted by Crippen LogP contribution is -2.49. The molecule has 1 aromatic heterocycles. The second-order valence-corrected chi connectivity index (χ2v) is 6.94. The summed E-state index contributed by atoms with van der Waals surface area (Å²) in [6.45, 7) is 0.549. The van der Waals surface area contributed by atoms with Gasteiger partial charge in [-0.15, -0.1) is 0 Å². The van der Waals surface area contributed by atoms with Crippen LogP contribution in [0.2, 0.25) is 0 Å². The molecule has 0 unspecified atom stereocenters. The standard InChI is InChI=1S/C18H18N4O7/c1-19-15(23)14-12(10-3-5-11(6-4-10)22(26)27)9-13(21-7-8-28-18(21)25)29-16(14)20(2)17(19)24/h3-6,12-13H,7-9H2,1-2H3/t12-,13+/m1/s1. The van der Waals surface area contributed by atoms with Crippen molar-refractivity contribution in [2.24, 2.45) is 14.1 Å². The first kappa shape index (κ1) is 18.7. The van der Waals surface area contributed by atoms with Crippen molar-refractivity contribution in [3.63, 3.8) is 0 Å². The third kappa shape index (κ3) is 2.94. The molecule has 29 heavy (non-hydrogen) atoms. The monoisotopic (exact) mass is 402 g/mol. The molecule has 0 bridgehead atoms. The van der Waals surface area contributed by atoms with E-state index in [1.54, 1.807) is 12.1 Å². The Morgan fingerprint density at radius 1 is 1.10 bits per heavy atom. The molecule has 2 aliphatic heterocycles. The molecule has 1 amide bonds. The number of amides is 1. The topological polar surface area (TPSA) is 126 Å². The molecule has 11 nitrogen and oxygen atoms in total. The zero-order valence-electron chi connectivity index (χ0n) is 15.7. The van der Waals surface area contributed by atoms with Crippen LogP contribution in [-0.2, 0) is 18.8 Å². The van der Waals surface area contributed by atoms with E-state index in [1.807, 2.05) is 0 Å². The number of nitro benzene ring substituents is 1. The quantitative estimate of drug-likeness (QED) is 0.546. The minimum atomic E-state index is -0.740. The number of rotatable bonds is 3. The van der Waals surface area contributed by atoms with Crippen LogP contribution in [0.5, 0.6) is 5.88 Å². The number of nitro groups is 1. The third-order valence-corrected chi connectivity index (χ3v) is 5.32. The number of aromatic nitrogens is 2. The van der Waals surface area contributed by atoms with E-state index in [1.165, 1.54) is 35.7 Å². The number of fused-ring (bicyclic) bond motifs is 1. The number of carbonyl (C=O) groups excluding carboxylic acids is 1. The van der Waals surface area contributed by atoms with Crippen LogP contribution < -0.4 is 16.0 Å². The average molecular weight is 402 g/mol. The van der Waals surface area contributed by atoms with Crippen LogP contribution in [0.1, 0.15) is 23.5 Å². The summed E-state index contributed by atoms with van der Waals surface area (Å²) in [4.78, 5) is 49.2. The summed E-state index contributed by atoms with van der Waals surface area (Å²) in [7, 11) is 2.86. The Kier molecular flexibility index (Phi) is 4.36. The number of non-ortho nitro benzene ring substituents is 1. The normalized spacial score (nSPS) is 20.8. The highest BCUT2D eigenvalue weighted by atomic mass is 16.6. The van der Waals surface area contributed by atoms with E-state index in [4.69, 9.17) is 9.47 Å². The second-order valence-electron chi connectivity index (χ2n) is 6.94. The summed E-state index contributed by atoms with van der Waals surface area (Å²) >= 11 is 0. The van der Waals surface area contributed by atoms with E-state index in [-0.39, 0.29) is 30.2 Å². The SMILES string of the molecule is Cn1c2c(c(=O)n(C)c1=O)[C@@H](c1ccc([N+](=O)[O-])cc1)C[C@@H](N1CCOC1=O)O2. The van der Waals surface area contributed by atoms with Crippen LogP contribution >= 0.6 is 0 Å². The van der Waals surface area contributed by atoms with Gasteiger partial charge in [0.15, 0.2) is 6.23 Å². The predicted octanol–water partition coefficient (Wildman–Crippen LogP) is 0.685. The Hall–Kier alpha value is -3.63. The molecule has 1 aromatic carbocycles. The fraction of sp³-hybridized carbons (Fsp3) is 0.389. The summed E-state index contributed by atoms with van der Waals surface area (Å²) in [5.74, 6) is -0.444. The van der Waals surface area contributed by atoms with E-state index < -0.39 is 34.4 Å². The second kappa shape index (κ2) is 6.76. The Balaban J connectivity index is 1.87. The number of nitrogens with zero attached hydrogens (tertiary/aromatic N) is 4. The average Bonchev–Trinajstić information content (AvgIpc) is 3.15. The van der Waals surface area contributed by atoms with Crippen molar-refractivity contribution in [3.8, 4) is 5.88 Å².